The molecule has 1 aromatic rings. The lowest BCUT2D eigenvalue weighted by molar-refractivity contribution is -0.275. The highest BCUT2D eigenvalue weighted by atomic mass is 19.4. The number of rotatable bonds is 4. The van der Waals surface area contributed by atoms with Gasteiger partial charge in [0.05, 0.1) is 12.1 Å². The van der Waals surface area contributed by atoms with E-state index in [1.165, 1.54) is 18.2 Å². The Balaban J connectivity index is 3.01. The molecule has 0 saturated carbocycles. The second-order valence-corrected chi connectivity index (χ2v) is 4.35. The monoisotopic (exact) mass is 263 g/mol. The molecule has 0 aliphatic heterocycles. The van der Waals surface area contributed by atoms with Crippen LogP contribution in [-0.2, 0) is 0 Å². The largest absolute Gasteiger partial charge is 0.573 e. The van der Waals surface area contributed by atoms with E-state index in [9.17, 15) is 18.3 Å². The molecule has 0 radical (unpaired) electrons. The molecule has 0 heterocycles. The van der Waals surface area contributed by atoms with Crippen LogP contribution in [-0.4, -0.2) is 17.6 Å². The molecule has 0 fully saturated rings. The zero-order valence-electron chi connectivity index (χ0n) is 10.1. The Morgan fingerprint density at radius 2 is 1.78 bits per heavy atom. The SMILES string of the molecule is CC(C)[C@@H](O)[C@@H](N)c1ccccc1OC(F)(F)F. The Morgan fingerprint density at radius 3 is 2.28 bits per heavy atom. The molecule has 0 aliphatic carbocycles. The third-order valence-corrected chi connectivity index (χ3v) is 2.55. The van der Waals surface area contributed by atoms with Crippen molar-refractivity contribution < 1.29 is 23.0 Å². The number of aliphatic hydroxyl groups is 1. The second-order valence-electron chi connectivity index (χ2n) is 4.35. The summed E-state index contributed by atoms with van der Waals surface area (Å²) >= 11 is 0. The Bertz CT molecular complexity index is 393. The van der Waals surface area contributed by atoms with Gasteiger partial charge in [0.1, 0.15) is 5.75 Å². The van der Waals surface area contributed by atoms with Crippen molar-refractivity contribution in [3.63, 3.8) is 0 Å². The van der Waals surface area contributed by atoms with Gasteiger partial charge in [0.25, 0.3) is 0 Å². The number of para-hydroxylation sites is 1. The molecular weight excluding hydrogens is 247 g/mol. The van der Waals surface area contributed by atoms with E-state index < -0.39 is 18.5 Å². The molecule has 0 saturated heterocycles. The predicted molar refractivity (Wildman–Crippen MR) is 60.9 cm³/mol. The molecule has 0 aliphatic rings. The summed E-state index contributed by atoms with van der Waals surface area (Å²) in [6, 6.07) is 4.63. The van der Waals surface area contributed by atoms with Gasteiger partial charge in [-0.05, 0) is 12.0 Å². The van der Waals surface area contributed by atoms with E-state index in [4.69, 9.17) is 5.73 Å². The van der Waals surface area contributed by atoms with E-state index in [2.05, 4.69) is 4.74 Å². The van der Waals surface area contributed by atoms with Gasteiger partial charge in [-0.25, -0.2) is 0 Å². The first kappa shape index (κ1) is 14.8. The molecule has 0 bridgehead atoms. The molecule has 6 heteroatoms. The standard InChI is InChI=1S/C12H16F3NO2/c1-7(2)11(17)10(16)8-5-3-4-6-9(8)18-12(13,14)15/h3-7,10-11,17H,16H2,1-2H3/t10-,11+/m0/s1. The minimum atomic E-state index is -4.78. The van der Waals surface area contributed by atoms with Crippen molar-refractivity contribution >= 4 is 0 Å². The van der Waals surface area contributed by atoms with Crippen LogP contribution in [0.15, 0.2) is 24.3 Å². The average Bonchev–Trinajstić information content (AvgIpc) is 2.25. The van der Waals surface area contributed by atoms with Crippen molar-refractivity contribution in [2.45, 2.75) is 32.4 Å². The molecule has 0 amide bonds. The first-order chi connectivity index (χ1) is 8.22. The van der Waals surface area contributed by atoms with Gasteiger partial charge < -0.3 is 15.6 Å². The molecule has 3 N–H and O–H groups in total. The molecule has 0 spiro atoms. The first-order valence-corrected chi connectivity index (χ1v) is 5.50. The highest BCUT2D eigenvalue weighted by Gasteiger charge is 2.33. The fourth-order valence-corrected chi connectivity index (χ4v) is 1.57. The van der Waals surface area contributed by atoms with E-state index >= 15 is 0 Å². The zero-order valence-corrected chi connectivity index (χ0v) is 10.1. The van der Waals surface area contributed by atoms with Crippen LogP contribution in [0.4, 0.5) is 13.2 Å². The van der Waals surface area contributed by atoms with Gasteiger partial charge in [0.15, 0.2) is 0 Å². The smallest absolute Gasteiger partial charge is 0.405 e. The van der Waals surface area contributed by atoms with Crippen LogP contribution in [0.25, 0.3) is 0 Å². The maximum atomic E-state index is 12.2. The maximum absolute atomic E-state index is 12.2. The Hall–Kier alpha value is -1.27. The van der Waals surface area contributed by atoms with E-state index in [1.54, 1.807) is 19.9 Å². The normalized spacial score (nSPS) is 15.6. The molecule has 3 nitrogen and oxygen atoms in total. The van der Waals surface area contributed by atoms with Gasteiger partial charge in [-0.2, -0.15) is 0 Å². The number of aliphatic hydroxyl groups excluding tert-OH is 1. The summed E-state index contributed by atoms with van der Waals surface area (Å²) in [6.07, 6.45) is -5.72. The Kier molecular flexibility index (Phi) is 4.59. The number of hydrogen-bond donors (Lipinski definition) is 2. The van der Waals surface area contributed by atoms with E-state index in [1.807, 2.05) is 0 Å². The molecule has 1 rings (SSSR count). The quantitative estimate of drug-likeness (QED) is 0.878. The van der Waals surface area contributed by atoms with Crippen molar-refractivity contribution in [2.75, 3.05) is 0 Å². The third kappa shape index (κ3) is 3.89. The van der Waals surface area contributed by atoms with Crippen molar-refractivity contribution in [1.82, 2.24) is 0 Å². The van der Waals surface area contributed by atoms with Crippen molar-refractivity contribution in [2.24, 2.45) is 11.7 Å². The van der Waals surface area contributed by atoms with Crippen molar-refractivity contribution in [3.8, 4) is 5.75 Å². The second kappa shape index (κ2) is 5.58. The van der Waals surface area contributed by atoms with Crippen LogP contribution >= 0.6 is 0 Å². The Morgan fingerprint density at radius 1 is 1.22 bits per heavy atom. The Labute approximate surface area is 103 Å². The van der Waals surface area contributed by atoms with Crippen molar-refractivity contribution in [1.29, 1.82) is 0 Å². The summed E-state index contributed by atoms with van der Waals surface area (Å²) in [7, 11) is 0. The number of hydrogen-bond acceptors (Lipinski definition) is 3. The topological polar surface area (TPSA) is 55.5 Å². The lowest BCUT2D eigenvalue weighted by atomic mass is 9.94. The number of halogens is 3. The molecule has 1 aromatic carbocycles. The summed E-state index contributed by atoms with van der Waals surface area (Å²) < 4.78 is 40.5. The summed E-state index contributed by atoms with van der Waals surface area (Å²) in [6.45, 7) is 3.47. The number of nitrogens with two attached hydrogens (primary N) is 1. The molecule has 2 atom stereocenters. The molecule has 18 heavy (non-hydrogen) atoms. The van der Waals surface area contributed by atoms with E-state index in [0.29, 0.717) is 0 Å². The van der Waals surface area contributed by atoms with Crippen LogP contribution in [0.2, 0.25) is 0 Å². The predicted octanol–water partition coefficient (Wildman–Crippen LogP) is 2.60. The summed E-state index contributed by atoms with van der Waals surface area (Å²) in [5, 5.41) is 9.81. The van der Waals surface area contributed by atoms with Crippen LogP contribution in [0, 0.1) is 5.92 Å². The fraction of sp³-hybridized carbons (Fsp3) is 0.500. The molecule has 102 valence electrons. The minimum Gasteiger partial charge on any atom is -0.405 e. The number of ether oxygens (including phenoxy) is 1. The van der Waals surface area contributed by atoms with E-state index in [-0.39, 0.29) is 17.2 Å². The maximum Gasteiger partial charge on any atom is 0.573 e. The fourth-order valence-electron chi connectivity index (χ4n) is 1.57. The summed E-state index contributed by atoms with van der Waals surface area (Å²) in [4.78, 5) is 0. The summed E-state index contributed by atoms with van der Waals surface area (Å²) in [5.74, 6) is -0.545. The number of benzene rings is 1. The average molecular weight is 263 g/mol. The number of alkyl halides is 3. The lowest BCUT2D eigenvalue weighted by Crippen LogP contribution is -2.31. The highest BCUT2D eigenvalue weighted by Crippen LogP contribution is 2.31. The van der Waals surface area contributed by atoms with Crippen LogP contribution < -0.4 is 10.5 Å². The highest BCUT2D eigenvalue weighted by molar-refractivity contribution is 5.36. The lowest BCUT2D eigenvalue weighted by Gasteiger charge is -2.24. The van der Waals surface area contributed by atoms with Gasteiger partial charge in [0.2, 0.25) is 0 Å². The van der Waals surface area contributed by atoms with Gasteiger partial charge in [0, 0.05) is 5.56 Å². The molecular formula is C12H16F3NO2. The zero-order chi connectivity index (χ0) is 13.9. The van der Waals surface area contributed by atoms with Gasteiger partial charge in [-0.1, -0.05) is 32.0 Å². The third-order valence-electron chi connectivity index (χ3n) is 2.55. The van der Waals surface area contributed by atoms with Gasteiger partial charge in [-0.3, -0.25) is 0 Å². The summed E-state index contributed by atoms with van der Waals surface area (Å²) in [5.41, 5.74) is 5.90. The van der Waals surface area contributed by atoms with Crippen LogP contribution in [0.5, 0.6) is 5.75 Å². The first-order valence-electron chi connectivity index (χ1n) is 5.50. The molecule has 0 unspecified atom stereocenters. The minimum absolute atomic E-state index is 0.135. The van der Waals surface area contributed by atoms with Crippen LogP contribution in [0.1, 0.15) is 25.5 Å². The van der Waals surface area contributed by atoms with E-state index in [0.717, 1.165) is 0 Å². The van der Waals surface area contributed by atoms with Gasteiger partial charge >= 0.3 is 6.36 Å². The van der Waals surface area contributed by atoms with Crippen LogP contribution in [0.3, 0.4) is 0 Å². The molecule has 0 aromatic heterocycles. The van der Waals surface area contributed by atoms with Gasteiger partial charge in [-0.15, -0.1) is 13.2 Å². The van der Waals surface area contributed by atoms with Crippen molar-refractivity contribution in [3.05, 3.63) is 29.8 Å².